The van der Waals surface area contributed by atoms with Gasteiger partial charge >= 0.3 is 12.1 Å². The van der Waals surface area contributed by atoms with E-state index >= 15 is 0 Å². The molecule has 158 valence electrons. The molecule has 3 N–H and O–H groups in total. The van der Waals surface area contributed by atoms with Crippen LogP contribution >= 0.6 is 25.3 Å². The zero-order valence-corrected chi connectivity index (χ0v) is 18.1. The second kappa shape index (κ2) is 9.03. The Morgan fingerprint density at radius 1 is 1.28 bits per heavy atom. The molecule has 0 aliphatic carbocycles. The second-order valence-electron chi connectivity index (χ2n) is 6.38. The van der Waals surface area contributed by atoms with Crippen LogP contribution in [0.2, 0.25) is 0 Å². The van der Waals surface area contributed by atoms with Crippen LogP contribution in [0.25, 0.3) is 17.0 Å². The summed E-state index contributed by atoms with van der Waals surface area (Å²) in [5.41, 5.74) is 7.50. The van der Waals surface area contributed by atoms with Gasteiger partial charge in [0.05, 0.1) is 29.9 Å². The topological polar surface area (TPSA) is 67.8 Å². The standard InChI is InChI=1S/C18H19F3N4OS2.ClH/c1-9-13(8-15(27)16(22)28)25(6-5-14(9)26-2)17-23-11-4-3-10(18(19,20)21)7-12(11)24-17;/h3-7,15-16H,8,22H2,1-2H3,(H2-,23,24,27,28);1H. The van der Waals surface area contributed by atoms with Gasteiger partial charge in [-0.1, -0.05) is 4.98 Å². The van der Waals surface area contributed by atoms with Gasteiger partial charge < -0.3 is 22.9 Å². The summed E-state index contributed by atoms with van der Waals surface area (Å²) < 4.78 is 46.1. The van der Waals surface area contributed by atoms with Gasteiger partial charge in [0.2, 0.25) is 0 Å². The van der Waals surface area contributed by atoms with Crippen molar-refractivity contribution >= 4 is 36.3 Å². The van der Waals surface area contributed by atoms with E-state index in [1.54, 1.807) is 23.9 Å². The van der Waals surface area contributed by atoms with E-state index in [0.717, 1.165) is 23.4 Å². The minimum absolute atomic E-state index is 0. The molecule has 2 atom stereocenters. The van der Waals surface area contributed by atoms with Gasteiger partial charge in [-0.05, 0) is 25.1 Å². The summed E-state index contributed by atoms with van der Waals surface area (Å²) in [4.78, 5) is 7.41. The van der Waals surface area contributed by atoms with E-state index in [0.29, 0.717) is 29.2 Å². The first kappa shape index (κ1) is 23.7. The molecule has 0 bridgehead atoms. The number of aromatic amines is 1. The molecular weight excluding hydrogens is 445 g/mol. The van der Waals surface area contributed by atoms with Crippen molar-refractivity contribution in [2.45, 2.75) is 30.1 Å². The number of halogens is 4. The molecule has 0 spiro atoms. The van der Waals surface area contributed by atoms with Crippen LogP contribution in [-0.2, 0) is 12.6 Å². The number of fused-ring (bicyclic) bond motifs is 1. The number of nitrogens with two attached hydrogens (primary N) is 1. The lowest BCUT2D eigenvalue weighted by molar-refractivity contribution is -0.612. The number of thiol groups is 2. The summed E-state index contributed by atoms with van der Waals surface area (Å²) >= 11 is 8.73. The van der Waals surface area contributed by atoms with Crippen LogP contribution < -0.4 is 27.4 Å². The predicted molar refractivity (Wildman–Crippen MR) is 107 cm³/mol. The number of aromatic nitrogens is 3. The normalized spacial score (nSPS) is 13.8. The lowest BCUT2D eigenvalue weighted by Gasteiger charge is -2.17. The molecule has 2 heterocycles. The number of benzene rings is 1. The van der Waals surface area contributed by atoms with E-state index < -0.39 is 17.1 Å². The molecule has 3 aromatic rings. The van der Waals surface area contributed by atoms with E-state index in [2.05, 4.69) is 35.2 Å². The maximum absolute atomic E-state index is 13.0. The van der Waals surface area contributed by atoms with E-state index in [9.17, 15) is 13.2 Å². The fraction of sp³-hybridized carbons (Fsp3) is 0.333. The molecule has 0 saturated heterocycles. The molecule has 0 aliphatic rings. The first-order valence-electron chi connectivity index (χ1n) is 8.39. The third kappa shape index (κ3) is 4.93. The average molecular weight is 465 g/mol. The zero-order valence-electron chi connectivity index (χ0n) is 15.5. The van der Waals surface area contributed by atoms with Gasteiger partial charge in [0, 0.05) is 23.3 Å². The Hall–Kier alpha value is -1.62. The fourth-order valence-electron chi connectivity index (χ4n) is 2.96. The first-order valence-corrected chi connectivity index (χ1v) is 9.42. The molecule has 0 saturated carbocycles. The number of nitrogens with zero attached hydrogens (tertiary/aromatic N) is 2. The Balaban J connectivity index is 0.00000300. The van der Waals surface area contributed by atoms with Crippen molar-refractivity contribution in [1.29, 1.82) is 0 Å². The Kier molecular flexibility index (Phi) is 7.37. The second-order valence-corrected chi connectivity index (χ2v) is 7.64. The molecule has 2 unspecified atom stereocenters. The highest BCUT2D eigenvalue weighted by Gasteiger charge is 2.32. The Morgan fingerprint density at radius 2 is 1.97 bits per heavy atom. The van der Waals surface area contributed by atoms with Gasteiger partial charge in [-0.25, -0.2) is 9.55 Å². The molecule has 0 fully saturated rings. The molecular formula is C18H20ClF3N4OS2. The van der Waals surface area contributed by atoms with Gasteiger partial charge in [0.15, 0.2) is 5.52 Å². The summed E-state index contributed by atoms with van der Waals surface area (Å²) in [6, 6.07) is 5.18. The molecule has 0 amide bonds. The molecule has 3 rings (SSSR count). The van der Waals surface area contributed by atoms with Crippen molar-refractivity contribution in [2.75, 3.05) is 7.11 Å². The van der Waals surface area contributed by atoms with Gasteiger partial charge in [0.25, 0.3) is 0 Å². The van der Waals surface area contributed by atoms with Crippen LogP contribution in [0.1, 0.15) is 16.8 Å². The number of rotatable bonds is 5. The molecule has 5 nitrogen and oxygen atoms in total. The lowest BCUT2D eigenvalue weighted by atomic mass is 10.1. The molecule has 0 radical (unpaired) electrons. The van der Waals surface area contributed by atoms with Crippen LogP contribution in [0.15, 0.2) is 30.5 Å². The minimum Gasteiger partial charge on any atom is -1.00 e. The SMILES string of the molecule is COc1cc[n+](-c2nc3ccc(C(F)(F)F)cc3[nH]2)c(CC(S)C(N)S)c1C.[Cl-]. The third-order valence-corrected chi connectivity index (χ3v) is 5.61. The summed E-state index contributed by atoms with van der Waals surface area (Å²) in [5.74, 6) is 1.07. The lowest BCUT2D eigenvalue weighted by Crippen LogP contribution is -3.00. The minimum atomic E-state index is -4.42. The highest BCUT2D eigenvalue weighted by atomic mass is 35.5. The maximum Gasteiger partial charge on any atom is 0.416 e. The van der Waals surface area contributed by atoms with Gasteiger partial charge in [-0.2, -0.15) is 38.4 Å². The number of hydrogen-bond donors (Lipinski definition) is 4. The number of hydrogen-bond acceptors (Lipinski definition) is 5. The van der Waals surface area contributed by atoms with Gasteiger partial charge in [-0.15, -0.1) is 0 Å². The van der Waals surface area contributed by atoms with E-state index in [1.807, 2.05) is 6.92 Å². The molecule has 29 heavy (non-hydrogen) atoms. The number of ether oxygens (including phenoxy) is 1. The Bertz CT molecular complexity index is 1010. The monoisotopic (exact) mass is 464 g/mol. The van der Waals surface area contributed by atoms with Gasteiger partial charge in [0.1, 0.15) is 11.3 Å². The number of alkyl halides is 3. The first-order chi connectivity index (χ1) is 13.1. The number of pyridine rings is 1. The van der Waals surface area contributed by atoms with Crippen molar-refractivity contribution in [3.63, 3.8) is 0 Å². The molecule has 1 aromatic carbocycles. The van der Waals surface area contributed by atoms with Crippen molar-refractivity contribution in [2.24, 2.45) is 5.73 Å². The van der Waals surface area contributed by atoms with Crippen molar-refractivity contribution in [3.8, 4) is 11.7 Å². The summed E-state index contributed by atoms with van der Waals surface area (Å²) in [6.45, 7) is 1.89. The maximum atomic E-state index is 13.0. The quantitative estimate of drug-likeness (QED) is 0.248. The van der Waals surface area contributed by atoms with E-state index in [-0.39, 0.29) is 17.7 Å². The highest BCUT2D eigenvalue weighted by molar-refractivity contribution is 7.85. The predicted octanol–water partition coefficient (Wildman–Crippen LogP) is 0.235. The number of H-pyrrole nitrogens is 1. The van der Waals surface area contributed by atoms with Crippen LogP contribution in [0, 0.1) is 6.92 Å². The van der Waals surface area contributed by atoms with Crippen molar-refractivity contribution in [3.05, 3.63) is 47.3 Å². The van der Waals surface area contributed by atoms with Crippen LogP contribution in [0.4, 0.5) is 13.2 Å². The average Bonchev–Trinajstić information content (AvgIpc) is 3.05. The summed E-state index contributed by atoms with van der Waals surface area (Å²) in [6.07, 6.45) is -2.22. The van der Waals surface area contributed by atoms with Crippen molar-refractivity contribution < 1.29 is 34.9 Å². The van der Waals surface area contributed by atoms with Crippen LogP contribution in [-0.4, -0.2) is 27.7 Å². The number of imidazole rings is 1. The number of methoxy groups -OCH3 is 1. The Morgan fingerprint density at radius 3 is 2.55 bits per heavy atom. The zero-order chi connectivity index (χ0) is 20.6. The summed E-state index contributed by atoms with van der Waals surface area (Å²) in [7, 11) is 1.57. The summed E-state index contributed by atoms with van der Waals surface area (Å²) in [5, 5.41) is -0.700. The van der Waals surface area contributed by atoms with E-state index in [4.69, 9.17) is 10.5 Å². The smallest absolute Gasteiger partial charge is 0.416 e. The van der Waals surface area contributed by atoms with Crippen LogP contribution in [0.3, 0.4) is 0 Å². The van der Waals surface area contributed by atoms with Gasteiger partial charge in [-0.3, -0.25) is 0 Å². The molecule has 11 heteroatoms. The highest BCUT2D eigenvalue weighted by Crippen LogP contribution is 2.31. The number of nitrogens with one attached hydrogen (secondary N) is 1. The Labute approximate surface area is 183 Å². The van der Waals surface area contributed by atoms with E-state index in [1.165, 1.54) is 6.07 Å². The molecule has 0 aliphatic heterocycles. The largest absolute Gasteiger partial charge is 1.00 e. The van der Waals surface area contributed by atoms with Crippen LogP contribution in [0.5, 0.6) is 5.75 Å². The fourth-order valence-corrected chi connectivity index (χ4v) is 3.23. The molecule has 2 aromatic heterocycles. The third-order valence-electron chi connectivity index (χ3n) is 4.51. The van der Waals surface area contributed by atoms with Crippen molar-refractivity contribution in [1.82, 2.24) is 9.97 Å².